The van der Waals surface area contributed by atoms with Gasteiger partial charge in [-0.15, -0.1) is 0 Å². The molecule has 180 valence electrons. The number of imidazole rings is 1. The number of nitrogens with zero attached hydrogens (tertiary/aromatic N) is 3. The van der Waals surface area contributed by atoms with Crippen molar-refractivity contribution in [2.75, 3.05) is 0 Å². The Hall–Kier alpha value is -2.80. The molecule has 4 heteroatoms. The number of unbranched alkanes of at least 4 members (excludes halogenated alkanes) is 3. The third-order valence-electron chi connectivity index (χ3n) is 6.32. The Labute approximate surface area is 208 Å². The number of benzene rings is 2. The molecule has 0 atom stereocenters. The van der Waals surface area contributed by atoms with Gasteiger partial charge in [0.1, 0.15) is 0 Å². The van der Waals surface area contributed by atoms with Crippen LogP contribution in [0.1, 0.15) is 89.7 Å². The minimum absolute atomic E-state index is 0.521. The van der Waals surface area contributed by atoms with Crippen LogP contribution in [-0.4, -0.2) is 16.3 Å². The summed E-state index contributed by atoms with van der Waals surface area (Å²) in [6, 6.07) is 20.6. The summed E-state index contributed by atoms with van der Waals surface area (Å²) in [7, 11) is 0. The van der Waals surface area contributed by atoms with Crippen LogP contribution < -0.4 is 10.9 Å². The van der Waals surface area contributed by atoms with Crippen LogP contribution in [0, 0.1) is 11.3 Å². The average molecular weight is 455 g/mol. The van der Waals surface area contributed by atoms with Crippen LogP contribution in [0.5, 0.6) is 0 Å². The minimum Gasteiger partial charge on any atom is -0.337 e. The number of hydrogen-bond acceptors (Lipinski definition) is 2. The molecule has 1 heterocycles. The first-order valence-corrected chi connectivity index (χ1v) is 13.0. The number of hydrogen-bond donors (Lipinski definition) is 0. The van der Waals surface area contributed by atoms with Crippen molar-refractivity contribution in [3.63, 3.8) is 0 Å². The fraction of sp³-hybridized carbons (Fsp3) is 0.467. The van der Waals surface area contributed by atoms with E-state index in [4.69, 9.17) is 5.26 Å². The van der Waals surface area contributed by atoms with Crippen molar-refractivity contribution in [2.24, 2.45) is 0 Å². The van der Waals surface area contributed by atoms with Crippen LogP contribution in [0.2, 0.25) is 6.32 Å². The lowest BCUT2D eigenvalue weighted by molar-refractivity contribution is 0.616. The maximum absolute atomic E-state index is 8.25. The highest BCUT2D eigenvalue weighted by Crippen LogP contribution is 2.15. The predicted octanol–water partition coefficient (Wildman–Crippen LogP) is 6.92. The SMILES string of the molecule is CCCCB(c1cccc(C(C)C)c1)c1cccc(C(C)C)c1.N#CCCCCn1ccnc1. The summed E-state index contributed by atoms with van der Waals surface area (Å²) in [5.41, 5.74) is 5.85. The average Bonchev–Trinajstić information content (AvgIpc) is 3.36. The Balaban J connectivity index is 0.000000310. The van der Waals surface area contributed by atoms with Crippen molar-refractivity contribution in [3.05, 3.63) is 78.4 Å². The summed E-state index contributed by atoms with van der Waals surface area (Å²) < 4.78 is 2.03. The second kappa shape index (κ2) is 15.2. The molecular formula is C30H42BN3. The first kappa shape index (κ1) is 27.4. The number of aromatic nitrogens is 2. The second-order valence-electron chi connectivity index (χ2n) is 9.76. The minimum atomic E-state index is 0.521. The third kappa shape index (κ3) is 9.22. The Kier molecular flexibility index (Phi) is 12.3. The smallest absolute Gasteiger partial charge is 0.209 e. The van der Waals surface area contributed by atoms with Gasteiger partial charge in [0, 0.05) is 25.4 Å². The normalized spacial score (nSPS) is 10.6. The standard InChI is InChI=1S/C22H31B.C8H11N3/c1-6-7-14-23(21-12-8-10-19(15-21)17(2)3)22-13-9-11-20(16-22)18(4)5;9-4-2-1-3-6-11-7-5-10-8-11/h8-13,15-18H,6-7,14H2,1-5H3;5,7-8H,1-3,6H2. The monoisotopic (exact) mass is 455 g/mol. The van der Waals surface area contributed by atoms with Crippen LogP contribution in [0.4, 0.5) is 0 Å². The molecule has 0 amide bonds. The molecule has 2 aromatic carbocycles. The third-order valence-corrected chi connectivity index (χ3v) is 6.32. The van der Waals surface area contributed by atoms with E-state index in [1.165, 1.54) is 41.2 Å². The largest absolute Gasteiger partial charge is 0.337 e. The lowest BCUT2D eigenvalue weighted by Gasteiger charge is -2.18. The Morgan fingerprint density at radius 2 is 1.53 bits per heavy atom. The van der Waals surface area contributed by atoms with E-state index in [0.29, 0.717) is 25.0 Å². The number of nitriles is 1. The zero-order chi connectivity index (χ0) is 24.8. The second-order valence-corrected chi connectivity index (χ2v) is 9.76. The Morgan fingerprint density at radius 1 is 0.912 bits per heavy atom. The summed E-state index contributed by atoms with van der Waals surface area (Å²) in [6.45, 7) is 12.9. The molecular weight excluding hydrogens is 413 g/mol. The molecule has 3 nitrogen and oxygen atoms in total. The topological polar surface area (TPSA) is 41.6 Å². The highest BCUT2D eigenvalue weighted by molar-refractivity contribution is 6.85. The van der Waals surface area contributed by atoms with E-state index in [0.717, 1.165) is 19.4 Å². The quantitative estimate of drug-likeness (QED) is 0.233. The summed E-state index contributed by atoms with van der Waals surface area (Å²) in [5.74, 6) is 1.17. The molecule has 0 saturated heterocycles. The van der Waals surface area contributed by atoms with E-state index in [-0.39, 0.29) is 0 Å². The molecule has 0 N–H and O–H groups in total. The maximum atomic E-state index is 8.25. The van der Waals surface area contributed by atoms with E-state index in [1.807, 2.05) is 10.8 Å². The van der Waals surface area contributed by atoms with E-state index >= 15 is 0 Å². The molecule has 0 saturated carbocycles. The highest BCUT2D eigenvalue weighted by Gasteiger charge is 2.19. The van der Waals surface area contributed by atoms with Gasteiger partial charge in [-0.1, -0.05) is 113 Å². The van der Waals surface area contributed by atoms with Crippen LogP contribution in [0.3, 0.4) is 0 Å². The highest BCUT2D eigenvalue weighted by atomic mass is 15.0. The maximum Gasteiger partial charge on any atom is 0.209 e. The zero-order valence-electron chi connectivity index (χ0n) is 21.9. The summed E-state index contributed by atoms with van der Waals surface area (Å²) in [4.78, 5) is 3.92. The van der Waals surface area contributed by atoms with Gasteiger partial charge in [-0.25, -0.2) is 4.98 Å². The van der Waals surface area contributed by atoms with E-state index in [9.17, 15) is 0 Å². The van der Waals surface area contributed by atoms with E-state index < -0.39 is 0 Å². The lowest BCUT2D eigenvalue weighted by Crippen LogP contribution is -2.42. The molecule has 3 rings (SSSR count). The van der Waals surface area contributed by atoms with Crippen molar-refractivity contribution < 1.29 is 0 Å². The predicted molar refractivity (Wildman–Crippen MR) is 147 cm³/mol. The van der Waals surface area contributed by atoms with Crippen LogP contribution in [-0.2, 0) is 6.54 Å². The fourth-order valence-electron chi connectivity index (χ4n) is 4.12. The first-order chi connectivity index (χ1) is 16.5. The van der Waals surface area contributed by atoms with Crippen LogP contribution in [0.15, 0.2) is 67.3 Å². The van der Waals surface area contributed by atoms with E-state index in [2.05, 4.69) is 94.2 Å². The van der Waals surface area contributed by atoms with Gasteiger partial charge in [0.2, 0.25) is 6.71 Å². The summed E-state index contributed by atoms with van der Waals surface area (Å²) in [5, 5.41) is 8.25. The van der Waals surface area contributed by atoms with Crippen LogP contribution >= 0.6 is 0 Å². The Bertz CT molecular complexity index is 935. The molecule has 0 spiro atoms. The fourth-order valence-corrected chi connectivity index (χ4v) is 4.12. The molecule has 34 heavy (non-hydrogen) atoms. The van der Waals surface area contributed by atoms with Gasteiger partial charge < -0.3 is 4.57 Å². The molecule has 1 aromatic heterocycles. The number of aryl methyl sites for hydroxylation is 1. The van der Waals surface area contributed by atoms with Crippen molar-refractivity contribution in [2.45, 2.75) is 91.4 Å². The van der Waals surface area contributed by atoms with Crippen molar-refractivity contribution in [3.8, 4) is 6.07 Å². The molecule has 0 aliphatic carbocycles. The van der Waals surface area contributed by atoms with Crippen molar-refractivity contribution in [1.29, 1.82) is 5.26 Å². The zero-order valence-corrected chi connectivity index (χ0v) is 21.9. The van der Waals surface area contributed by atoms with E-state index in [1.54, 1.807) is 12.5 Å². The van der Waals surface area contributed by atoms with Crippen molar-refractivity contribution in [1.82, 2.24) is 9.55 Å². The van der Waals surface area contributed by atoms with Gasteiger partial charge in [0.15, 0.2) is 0 Å². The van der Waals surface area contributed by atoms with Gasteiger partial charge in [0.25, 0.3) is 0 Å². The molecule has 3 aromatic rings. The molecule has 0 fully saturated rings. The van der Waals surface area contributed by atoms with Gasteiger partial charge in [-0.2, -0.15) is 5.26 Å². The lowest BCUT2D eigenvalue weighted by atomic mass is 9.38. The van der Waals surface area contributed by atoms with Gasteiger partial charge >= 0.3 is 0 Å². The van der Waals surface area contributed by atoms with Crippen molar-refractivity contribution >= 4 is 17.6 Å². The molecule has 0 aliphatic rings. The molecule has 0 bridgehead atoms. The van der Waals surface area contributed by atoms with Gasteiger partial charge in [0.05, 0.1) is 12.4 Å². The van der Waals surface area contributed by atoms with Gasteiger partial charge in [-0.05, 0) is 35.8 Å². The molecule has 0 unspecified atom stereocenters. The van der Waals surface area contributed by atoms with Crippen LogP contribution in [0.25, 0.3) is 0 Å². The summed E-state index contributed by atoms with van der Waals surface area (Å²) in [6.07, 6.45) is 12.0. The first-order valence-electron chi connectivity index (χ1n) is 13.0. The van der Waals surface area contributed by atoms with Gasteiger partial charge in [-0.3, -0.25) is 0 Å². The Morgan fingerprint density at radius 3 is 2.00 bits per heavy atom. The number of rotatable bonds is 11. The molecule has 0 radical (unpaired) electrons. The summed E-state index contributed by atoms with van der Waals surface area (Å²) >= 11 is 0. The molecule has 0 aliphatic heterocycles.